The van der Waals surface area contributed by atoms with Gasteiger partial charge in [-0.05, 0) is 67.9 Å². The van der Waals surface area contributed by atoms with E-state index in [2.05, 4.69) is 5.32 Å². The molecule has 0 radical (unpaired) electrons. The Morgan fingerprint density at radius 1 is 0.818 bits per heavy atom. The highest BCUT2D eigenvalue weighted by atomic mass is 16.5. The summed E-state index contributed by atoms with van der Waals surface area (Å²) < 4.78 is 11.0. The number of primary amides is 1. The average Bonchev–Trinajstić information content (AvgIpc) is 2.79. The molecule has 2 amide bonds. The van der Waals surface area contributed by atoms with Crippen LogP contribution in [0.1, 0.15) is 52.6 Å². The summed E-state index contributed by atoms with van der Waals surface area (Å²) in [6.45, 7) is 3.56. The molecule has 3 rings (SSSR count). The van der Waals surface area contributed by atoms with E-state index in [-0.39, 0.29) is 24.4 Å². The fourth-order valence-corrected chi connectivity index (χ4v) is 3.15. The lowest BCUT2D eigenvalue weighted by Crippen LogP contribution is -2.31. The standard InChI is InChI=1S/C26H26N2O5/c1-17(2)32-24(29)16-23(18-6-4-3-5-7-18)28-26(31)20-10-14-22(15-11-20)33-21-12-8-19(9-13-21)25(27)30/h3-15,17,23H,16H2,1-2H3,(H2,27,30)(H,28,31). The predicted octanol–water partition coefficient (Wildman–Crippen LogP) is 4.39. The Hall–Kier alpha value is -4.13. The van der Waals surface area contributed by atoms with Gasteiger partial charge in [0, 0.05) is 11.1 Å². The van der Waals surface area contributed by atoms with Gasteiger partial charge < -0.3 is 20.5 Å². The van der Waals surface area contributed by atoms with E-state index in [1.54, 1.807) is 62.4 Å². The highest BCUT2D eigenvalue weighted by molar-refractivity contribution is 5.95. The number of rotatable bonds is 9. The van der Waals surface area contributed by atoms with Crippen LogP contribution in [0.15, 0.2) is 78.9 Å². The van der Waals surface area contributed by atoms with E-state index >= 15 is 0 Å². The molecule has 3 aromatic carbocycles. The van der Waals surface area contributed by atoms with E-state index in [0.29, 0.717) is 22.6 Å². The molecule has 1 atom stereocenters. The first kappa shape index (κ1) is 23.5. The van der Waals surface area contributed by atoms with Crippen LogP contribution in [0.2, 0.25) is 0 Å². The number of hydrogen-bond donors (Lipinski definition) is 2. The second-order valence-electron chi connectivity index (χ2n) is 7.69. The summed E-state index contributed by atoms with van der Waals surface area (Å²) in [5.74, 6) is -0.157. The summed E-state index contributed by atoms with van der Waals surface area (Å²) in [4.78, 5) is 36.2. The van der Waals surface area contributed by atoms with E-state index < -0.39 is 11.9 Å². The SMILES string of the molecule is CC(C)OC(=O)CC(NC(=O)c1ccc(Oc2ccc(C(N)=O)cc2)cc1)c1ccccc1. The van der Waals surface area contributed by atoms with Gasteiger partial charge in [0.25, 0.3) is 5.91 Å². The number of amides is 2. The molecular weight excluding hydrogens is 420 g/mol. The summed E-state index contributed by atoms with van der Waals surface area (Å²) in [5, 5.41) is 2.92. The lowest BCUT2D eigenvalue weighted by molar-refractivity contribution is -0.147. The predicted molar refractivity (Wildman–Crippen MR) is 124 cm³/mol. The number of benzene rings is 3. The fraction of sp³-hybridized carbons (Fsp3) is 0.192. The van der Waals surface area contributed by atoms with Crippen molar-refractivity contribution in [3.8, 4) is 11.5 Å². The van der Waals surface area contributed by atoms with Crippen molar-refractivity contribution in [3.05, 3.63) is 95.6 Å². The molecule has 170 valence electrons. The summed E-state index contributed by atoms with van der Waals surface area (Å²) in [6, 6.07) is 21.8. The van der Waals surface area contributed by atoms with Gasteiger partial charge in [-0.25, -0.2) is 0 Å². The molecule has 0 saturated carbocycles. The Labute approximate surface area is 192 Å². The highest BCUT2D eigenvalue weighted by Gasteiger charge is 2.20. The number of nitrogens with one attached hydrogen (secondary N) is 1. The van der Waals surface area contributed by atoms with Crippen molar-refractivity contribution >= 4 is 17.8 Å². The van der Waals surface area contributed by atoms with Crippen molar-refractivity contribution in [2.75, 3.05) is 0 Å². The molecule has 0 aliphatic heterocycles. The third-order valence-corrected chi connectivity index (χ3v) is 4.74. The molecule has 7 nitrogen and oxygen atoms in total. The van der Waals surface area contributed by atoms with Gasteiger partial charge in [0.2, 0.25) is 5.91 Å². The number of nitrogens with two attached hydrogens (primary N) is 1. The molecule has 0 heterocycles. The van der Waals surface area contributed by atoms with Crippen LogP contribution in [0.4, 0.5) is 0 Å². The summed E-state index contributed by atoms with van der Waals surface area (Å²) in [6.07, 6.45) is -0.208. The zero-order chi connectivity index (χ0) is 23.8. The number of carbonyl (C=O) groups is 3. The minimum absolute atomic E-state index is 0.0242. The van der Waals surface area contributed by atoms with Gasteiger partial charge in [-0.15, -0.1) is 0 Å². The zero-order valence-corrected chi connectivity index (χ0v) is 18.5. The van der Waals surface area contributed by atoms with Crippen molar-refractivity contribution in [1.82, 2.24) is 5.32 Å². The maximum Gasteiger partial charge on any atom is 0.308 e. The molecule has 0 fully saturated rings. The molecule has 7 heteroatoms. The molecule has 3 N–H and O–H groups in total. The molecule has 33 heavy (non-hydrogen) atoms. The van der Waals surface area contributed by atoms with Crippen molar-refractivity contribution in [2.45, 2.75) is 32.4 Å². The Morgan fingerprint density at radius 2 is 1.36 bits per heavy atom. The molecule has 0 aliphatic carbocycles. The highest BCUT2D eigenvalue weighted by Crippen LogP contribution is 2.23. The van der Waals surface area contributed by atoms with E-state index in [1.165, 1.54) is 0 Å². The molecule has 3 aromatic rings. The third-order valence-electron chi connectivity index (χ3n) is 4.74. The number of esters is 1. The van der Waals surface area contributed by atoms with Crippen molar-refractivity contribution in [3.63, 3.8) is 0 Å². The van der Waals surface area contributed by atoms with E-state index in [0.717, 1.165) is 5.56 Å². The van der Waals surface area contributed by atoms with Crippen LogP contribution in [0.5, 0.6) is 11.5 Å². The van der Waals surface area contributed by atoms with Crippen molar-refractivity contribution in [2.24, 2.45) is 5.73 Å². The minimum atomic E-state index is -0.523. The van der Waals surface area contributed by atoms with Gasteiger partial charge in [-0.2, -0.15) is 0 Å². The summed E-state index contributed by atoms with van der Waals surface area (Å²) in [7, 11) is 0. The monoisotopic (exact) mass is 446 g/mol. The molecule has 1 unspecified atom stereocenters. The second-order valence-corrected chi connectivity index (χ2v) is 7.69. The average molecular weight is 447 g/mol. The Kier molecular flexibility index (Phi) is 7.81. The normalized spacial score (nSPS) is 11.5. The Balaban J connectivity index is 1.68. The minimum Gasteiger partial charge on any atom is -0.463 e. The van der Waals surface area contributed by atoms with E-state index in [4.69, 9.17) is 15.2 Å². The van der Waals surface area contributed by atoms with Crippen LogP contribution in [0.25, 0.3) is 0 Å². The maximum absolute atomic E-state index is 12.9. The number of carbonyl (C=O) groups excluding carboxylic acids is 3. The van der Waals surface area contributed by atoms with Gasteiger partial charge in [-0.1, -0.05) is 30.3 Å². The van der Waals surface area contributed by atoms with E-state index in [9.17, 15) is 14.4 Å². The first-order chi connectivity index (χ1) is 15.8. The van der Waals surface area contributed by atoms with Gasteiger partial charge in [0.15, 0.2) is 0 Å². The molecule has 0 bridgehead atoms. The molecule has 0 saturated heterocycles. The fourth-order valence-electron chi connectivity index (χ4n) is 3.15. The van der Waals surface area contributed by atoms with Crippen molar-refractivity contribution < 1.29 is 23.9 Å². The van der Waals surface area contributed by atoms with Crippen LogP contribution in [-0.2, 0) is 9.53 Å². The molecule has 0 aliphatic rings. The number of hydrogen-bond acceptors (Lipinski definition) is 5. The smallest absolute Gasteiger partial charge is 0.308 e. The first-order valence-electron chi connectivity index (χ1n) is 10.5. The van der Waals surface area contributed by atoms with Crippen molar-refractivity contribution in [1.29, 1.82) is 0 Å². The van der Waals surface area contributed by atoms with Crippen LogP contribution in [0.3, 0.4) is 0 Å². The maximum atomic E-state index is 12.9. The summed E-state index contributed by atoms with van der Waals surface area (Å²) >= 11 is 0. The lowest BCUT2D eigenvalue weighted by atomic mass is 10.0. The Morgan fingerprint density at radius 3 is 1.88 bits per heavy atom. The van der Waals surface area contributed by atoms with Gasteiger partial charge in [0.1, 0.15) is 11.5 Å². The van der Waals surface area contributed by atoms with Crippen LogP contribution >= 0.6 is 0 Å². The van der Waals surface area contributed by atoms with Crippen LogP contribution < -0.4 is 15.8 Å². The van der Waals surface area contributed by atoms with Gasteiger partial charge >= 0.3 is 5.97 Å². The van der Waals surface area contributed by atoms with Crippen LogP contribution in [-0.4, -0.2) is 23.9 Å². The lowest BCUT2D eigenvalue weighted by Gasteiger charge is -2.19. The Bertz CT molecular complexity index is 1090. The summed E-state index contributed by atoms with van der Waals surface area (Å²) in [5.41, 5.74) is 6.86. The molecular formula is C26H26N2O5. The topological polar surface area (TPSA) is 108 Å². The molecule has 0 aromatic heterocycles. The van der Waals surface area contributed by atoms with E-state index in [1.807, 2.05) is 30.3 Å². The van der Waals surface area contributed by atoms with Crippen LogP contribution in [0, 0.1) is 0 Å². The molecule has 0 spiro atoms. The van der Waals surface area contributed by atoms with Gasteiger partial charge in [-0.3, -0.25) is 14.4 Å². The second kappa shape index (κ2) is 10.9. The number of ether oxygens (including phenoxy) is 2. The third kappa shape index (κ3) is 6.93. The largest absolute Gasteiger partial charge is 0.463 e. The quantitative estimate of drug-likeness (QED) is 0.474. The zero-order valence-electron chi connectivity index (χ0n) is 18.5. The first-order valence-corrected chi connectivity index (χ1v) is 10.5. The van der Waals surface area contributed by atoms with Gasteiger partial charge in [0.05, 0.1) is 18.6 Å².